The van der Waals surface area contributed by atoms with E-state index in [9.17, 15) is 0 Å². The lowest BCUT2D eigenvalue weighted by Gasteiger charge is -2.05. The molecule has 136 valence electrons. The Morgan fingerprint density at radius 1 is 0.815 bits per heavy atom. The van der Waals surface area contributed by atoms with Gasteiger partial charge >= 0.3 is 0 Å². The number of hydrogen-bond acceptors (Lipinski definition) is 4. The summed E-state index contributed by atoms with van der Waals surface area (Å²) in [5, 5.41) is 2.40. The Bertz CT molecular complexity index is 1050. The van der Waals surface area contributed by atoms with Crippen molar-refractivity contribution in [2.75, 3.05) is 5.75 Å². The Morgan fingerprint density at radius 3 is 2.19 bits per heavy atom. The van der Waals surface area contributed by atoms with Crippen molar-refractivity contribution in [2.24, 2.45) is 0 Å². The third-order valence-corrected chi connectivity index (χ3v) is 5.66. The molecule has 0 fully saturated rings. The second-order valence-electron chi connectivity index (χ2n) is 6.07. The quantitative estimate of drug-likeness (QED) is 0.307. The van der Waals surface area contributed by atoms with Crippen LogP contribution in [0.1, 0.15) is 11.1 Å². The van der Waals surface area contributed by atoms with E-state index in [4.69, 9.17) is 23.2 Å². The monoisotopic (exact) mass is 414 g/mol. The first kappa shape index (κ1) is 18.3. The predicted molar refractivity (Wildman–Crippen MR) is 112 cm³/mol. The number of benzene rings is 2. The molecular formula is C20H16Cl2N4S. The molecule has 0 unspecified atom stereocenters. The first-order valence-electron chi connectivity index (χ1n) is 8.46. The lowest BCUT2D eigenvalue weighted by Crippen LogP contribution is -1.99. The largest absolute Gasteiger partial charge is 0.311 e. The number of nitrogens with zero attached hydrogens (tertiary/aromatic N) is 4. The van der Waals surface area contributed by atoms with Gasteiger partial charge in [-0.3, -0.25) is 0 Å². The first-order chi connectivity index (χ1) is 13.2. The van der Waals surface area contributed by atoms with Crippen LogP contribution in [0.2, 0.25) is 10.0 Å². The number of hydrogen-bond donors (Lipinski definition) is 0. The van der Waals surface area contributed by atoms with Crippen LogP contribution < -0.4 is 0 Å². The predicted octanol–water partition coefficient (Wildman–Crippen LogP) is 5.52. The first-order valence-corrected chi connectivity index (χ1v) is 10.2. The average Bonchev–Trinajstić information content (AvgIpc) is 3.09. The van der Waals surface area contributed by atoms with Crippen molar-refractivity contribution in [1.29, 1.82) is 0 Å². The van der Waals surface area contributed by atoms with E-state index in [-0.39, 0.29) is 0 Å². The molecule has 0 saturated heterocycles. The molecule has 0 N–H and O–H groups in total. The number of thioether (sulfide) groups is 1. The summed E-state index contributed by atoms with van der Waals surface area (Å²) >= 11 is 13.6. The van der Waals surface area contributed by atoms with Gasteiger partial charge in [-0.05, 0) is 41.8 Å². The maximum Gasteiger partial charge on any atom is 0.164 e. The Kier molecular flexibility index (Phi) is 5.62. The molecule has 2 aromatic heterocycles. The lowest BCUT2D eigenvalue weighted by molar-refractivity contribution is 0.812. The molecule has 0 bridgehead atoms. The van der Waals surface area contributed by atoms with Gasteiger partial charge in [0.05, 0.1) is 12.9 Å². The molecular weight excluding hydrogens is 399 g/mol. The summed E-state index contributed by atoms with van der Waals surface area (Å²) in [5.41, 5.74) is 4.08. The minimum atomic E-state index is 0.694. The number of aromatic nitrogens is 4. The van der Waals surface area contributed by atoms with Gasteiger partial charge in [0.1, 0.15) is 16.9 Å². The molecule has 4 aromatic rings. The van der Waals surface area contributed by atoms with Crippen LogP contribution in [0.4, 0.5) is 0 Å². The molecule has 0 aliphatic carbocycles. The topological polar surface area (TPSA) is 43.6 Å². The second kappa shape index (κ2) is 8.30. The summed E-state index contributed by atoms with van der Waals surface area (Å²) in [7, 11) is 0. The summed E-state index contributed by atoms with van der Waals surface area (Å²) in [5.74, 6) is 0.914. The fraction of sp³-hybridized carbons (Fsp3) is 0.150. The minimum absolute atomic E-state index is 0.694. The maximum atomic E-state index is 5.96. The third-order valence-electron chi connectivity index (χ3n) is 4.18. The van der Waals surface area contributed by atoms with Crippen LogP contribution in [0.15, 0.2) is 66.2 Å². The fourth-order valence-corrected chi connectivity index (χ4v) is 3.97. The highest BCUT2D eigenvalue weighted by atomic mass is 35.5. The van der Waals surface area contributed by atoms with E-state index < -0.39 is 0 Å². The fourth-order valence-electron chi connectivity index (χ4n) is 2.78. The molecule has 7 heteroatoms. The molecule has 2 heterocycles. The van der Waals surface area contributed by atoms with Gasteiger partial charge in [0.25, 0.3) is 0 Å². The summed E-state index contributed by atoms with van der Waals surface area (Å²) in [6.07, 6.45) is 4.36. The average molecular weight is 415 g/mol. The zero-order valence-corrected chi connectivity index (χ0v) is 16.7. The number of aryl methyl sites for hydroxylation is 1. The van der Waals surface area contributed by atoms with Crippen molar-refractivity contribution < 1.29 is 0 Å². The van der Waals surface area contributed by atoms with Gasteiger partial charge in [0, 0.05) is 15.8 Å². The van der Waals surface area contributed by atoms with Gasteiger partial charge < -0.3 is 4.57 Å². The van der Waals surface area contributed by atoms with E-state index in [2.05, 4.69) is 27.1 Å². The number of rotatable bonds is 6. The van der Waals surface area contributed by atoms with E-state index in [0.717, 1.165) is 44.0 Å². The minimum Gasteiger partial charge on any atom is -0.311 e. The van der Waals surface area contributed by atoms with Gasteiger partial charge in [-0.2, -0.15) is 0 Å². The number of imidazole rings is 1. The van der Waals surface area contributed by atoms with Crippen molar-refractivity contribution >= 4 is 46.1 Å². The number of halogens is 2. The standard InChI is InChI=1S/C20H16Cl2N4S/c21-16-5-1-14(2-6-16)9-10-27-20-18-19(23-12-24-20)26(13-25-18)11-15-3-7-17(22)8-4-15/h1-8,12-13H,9-11H2. The highest BCUT2D eigenvalue weighted by molar-refractivity contribution is 7.99. The Balaban J connectivity index is 1.48. The van der Waals surface area contributed by atoms with E-state index >= 15 is 0 Å². The lowest BCUT2D eigenvalue weighted by atomic mass is 10.2. The Hall–Kier alpha value is -2.08. The molecule has 0 aliphatic heterocycles. The van der Waals surface area contributed by atoms with Gasteiger partial charge in [0.15, 0.2) is 5.65 Å². The summed E-state index contributed by atoms with van der Waals surface area (Å²) in [6, 6.07) is 15.8. The zero-order valence-electron chi connectivity index (χ0n) is 14.3. The van der Waals surface area contributed by atoms with Gasteiger partial charge in [0.2, 0.25) is 0 Å². The van der Waals surface area contributed by atoms with Crippen LogP contribution >= 0.6 is 35.0 Å². The van der Waals surface area contributed by atoms with Crippen LogP contribution in [0, 0.1) is 0 Å². The molecule has 0 atom stereocenters. The molecule has 4 nitrogen and oxygen atoms in total. The Morgan fingerprint density at radius 2 is 1.48 bits per heavy atom. The van der Waals surface area contributed by atoms with Crippen LogP contribution in [-0.4, -0.2) is 25.3 Å². The number of fused-ring (bicyclic) bond motifs is 1. The normalized spacial score (nSPS) is 11.2. The molecule has 4 rings (SSSR count). The van der Waals surface area contributed by atoms with Crippen molar-refractivity contribution in [1.82, 2.24) is 19.5 Å². The smallest absolute Gasteiger partial charge is 0.164 e. The van der Waals surface area contributed by atoms with Crippen molar-refractivity contribution in [2.45, 2.75) is 18.0 Å². The van der Waals surface area contributed by atoms with Crippen molar-refractivity contribution in [3.63, 3.8) is 0 Å². The molecule has 0 saturated carbocycles. The van der Waals surface area contributed by atoms with E-state index in [1.54, 1.807) is 18.1 Å². The summed E-state index contributed by atoms with van der Waals surface area (Å²) in [4.78, 5) is 13.4. The van der Waals surface area contributed by atoms with Crippen LogP contribution in [0.5, 0.6) is 0 Å². The van der Waals surface area contributed by atoms with Crippen LogP contribution in [0.25, 0.3) is 11.2 Å². The van der Waals surface area contributed by atoms with E-state index in [0.29, 0.717) is 6.54 Å². The summed E-state index contributed by atoms with van der Waals surface area (Å²) in [6.45, 7) is 0.694. The van der Waals surface area contributed by atoms with Crippen LogP contribution in [0.3, 0.4) is 0 Å². The van der Waals surface area contributed by atoms with Crippen molar-refractivity contribution in [3.8, 4) is 0 Å². The molecule has 0 amide bonds. The van der Waals surface area contributed by atoms with E-state index in [1.165, 1.54) is 5.56 Å². The van der Waals surface area contributed by atoms with E-state index in [1.807, 2.05) is 47.3 Å². The highest BCUT2D eigenvalue weighted by Gasteiger charge is 2.11. The summed E-state index contributed by atoms with van der Waals surface area (Å²) < 4.78 is 2.03. The molecule has 0 spiro atoms. The molecule has 0 radical (unpaired) electrons. The third kappa shape index (κ3) is 4.43. The van der Waals surface area contributed by atoms with Gasteiger partial charge in [-0.1, -0.05) is 47.5 Å². The maximum absolute atomic E-state index is 5.96. The van der Waals surface area contributed by atoms with Gasteiger partial charge in [-0.15, -0.1) is 11.8 Å². The molecule has 27 heavy (non-hydrogen) atoms. The van der Waals surface area contributed by atoms with Gasteiger partial charge in [-0.25, -0.2) is 15.0 Å². The molecule has 2 aromatic carbocycles. The SMILES string of the molecule is Clc1ccc(CCSc2ncnc3c2ncn3Cc2ccc(Cl)cc2)cc1. The second-order valence-corrected chi connectivity index (χ2v) is 8.03. The van der Waals surface area contributed by atoms with Crippen LogP contribution in [-0.2, 0) is 13.0 Å². The Labute approximate surface area is 171 Å². The highest BCUT2D eigenvalue weighted by Crippen LogP contribution is 2.25. The zero-order chi connectivity index (χ0) is 18.6. The molecule has 0 aliphatic rings. The van der Waals surface area contributed by atoms with Crippen molar-refractivity contribution in [3.05, 3.63) is 82.4 Å².